The predicted molar refractivity (Wildman–Crippen MR) is 125 cm³/mol. The number of aliphatic carboxylic acids is 1. The van der Waals surface area contributed by atoms with Gasteiger partial charge in [-0.25, -0.2) is 4.39 Å². The maximum absolute atomic E-state index is 14.2. The van der Waals surface area contributed by atoms with E-state index < -0.39 is 23.7 Å². The van der Waals surface area contributed by atoms with Crippen molar-refractivity contribution in [2.45, 2.75) is 59.8 Å². The number of carboxylic acid groups (broad SMARTS) is 1. The smallest absolute Gasteiger partial charge is 0.435 e. The van der Waals surface area contributed by atoms with Gasteiger partial charge in [0.05, 0.1) is 31.7 Å². The minimum atomic E-state index is -4.68. The molecule has 0 radical (unpaired) electrons. The van der Waals surface area contributed by atoms with Crippen LogP contribution in [0, 0.1) is 5.82 Å². The SMILES string of the molecule is CC.CC.O=C(O)CCNCC(=O)N1CCc2c(C(F)(F)F)nn(Cc3ccc(Cl)cc3F)c2C1. The first-order chi connectivity index (χ1) is 16.6. The quantitative estimate of drug-likeness (QED) is 0.405. The largest absolute Gasteiger partial charge is 0.481 e. The Labute approximate surface area is 207 Å². The molecule has 1 aromatic heterocycles. The molecule has 35 heavy (non-hydrogen) atoms. The number of halogens is 5. The van der Waals surface area contributed by atoms with Crippen molar-refractivity contribution >= 4 is 23.5 Å². The molecule has 1 aliphatic heterocycles. The van der Waals surface area contributed by atoms with Crippen LogP contribution >= 0.6 is 11.6 Å². The molecule has 7 nitrogen and oxygen atoms in total. The van der Waals surface area contributed by atoms with Crippen LogP contribution in [0.4, 0.5) is 17.6 Å². The third kappa shape index (κ3) is 8.50. The summed E-state index contributed by atoms with van der Waals surface area (Å²) in [5.74, 6) is -2.06. The lowest BCUT2D eigenvalue weighted by atomic mass is 10.0. The van der Waals surface area contributed by atoms with Crippen molar-refractivity contribution in [1.29, 1.82) is 0 Å². The second-order valence-corrected chi connectivity index (χ2v) is 7.49. The summed E-state index contributed by atoms with van der Waals surface area (Å²) < 4.78 is 55.7. The summed E-state index contributed by atoms with van der Waals surface area (Å²) in [5, 5.41) is 15.2. The van der Waals surface area contributed by atoms with E-state index in [0.29, 0.717) is 0 Å². The van der Waals surface area contributed by atoms with Crippen LogP contribution in [0.15, 0.2) is 18.2 Å². The number of carbonyl (C=O) groups excluding carboxylic acids is 1. The van der Waals surface area contributed by atoms with E-state index in [-0.39, 0.29) is 73.3 Å². The number of alkyl halides is 3. The monoisotopic (exact) mass is 522 g/mol. The van der Waals surface area contributed by atoms with Gasteiger partial charge in [0.15, 0.2) is 5.69 Å². The molecule has 1 aliphatic rings. The van der Waals surface area contributed by atoms with Crippen LogP contribution in [0.3, 0.4) is 0 Å². The Morgan fingerprint density at radius 3 is 2.43 bits per heavy atom. The van der Waals surface area contributed by atoms with Gasteiger partial charge in [-0.3, -0.25) is 14.3 Å². The average molecular weight is 523 g/mol. The Morgan fingerprint density at radius 2 is 1.86 bits per heavy atom. The number of hydrogen-bond donors (Lipinski definition) is 2. The Bertz CT molecular complexity index is 996. The first-order valence-corrected chi connectivity index (χ1v) is 11.7. The zero-order chi connectivity index (χ0) is 26.8. The number of nitrogens with zero attached hydrogens (tertiary/aromatic N) is 3. The maximum atomic E-state index is 14.2. The van der Waals surface area contributed by atoms with Gasteiger partial charge in [-0.15, -0.1) is 0 Å². The molecule has 0 fully saturated rings. The summed E-state index contributed by atoms with van der Waals surface area (Å²) in [6.07, 6.45) is -4.89. The molecule has 2 aromatic rings. The average Bonchev–Trinajstić information content (AvgIpc) is 3.19. The van der Waals surface area contributed by atoms with E-state index in [4.69, 9.17) is 16.7 Å². The van der Waals surface area contributed by atoms with E-state index in [2.05, 4.69) is 10.4 Å². The number of amides is 1. The van der Waals surface area contributed by atoms with Gasteiger partial charge in [0.2, 0.25) is 5.91 Å². The third-order valence-electron chi connectivity index (χ3n) is 4.89. The standard InChI is InChI=1S/C19H19ClF4N4O3.2C2H6/c20-12-2-1-11(14(21)7-12)9-28-15-10-27(16(29)8-25-5-3-17(30)31)6-4-13(15)18(26-28)19(22,23)24;2*1-2/h1-2,7,25H,3-6,8-10H2,(H,30,31);2*1-2H3. The second kappa shape index (κ2) is 14.0. The lowest BCUT2D eigenvalue weighted by Gasteiger charge is -2.28. The van der Waals surface area contributed by atoms with Gasteiger partial charge in [0.1, 0.15) is 5.82 Å². The van der Waals surface area contributed by atoms with Crippen molar-refractivity contribution in [1.82, 2.24) is 20.0 Å². The van der Waals surface area contributed by atoms with Crippen molar-refractivity contribution in [3.05, 3.63) is 51.6 Å². The molecule has 0 saturated carbocycles. The highest BCUT2D eigenvalue weighted by Crippen LogP contribution is 2.35. The van der Waals surface area contributed by atoms with Crippen LogP contribution in [-0.2, 0) is 35.3 Å². The molecule has 1 aromatic carbocycles. The lowest BCUT2D eigenvalue weighted by molar-refractivity contribution is -0.142. The number of rotatable bonds is 7. The highest BCUT2D eigenvalue weighted by molar-refractivity contribution is 6.30. The van der Waals surface area contributed by atoms with E-state index in [9.17, 15) is 27.2 Å². The highest BCUT2D eigenvalue weighted by atomic mass is 35.5. The number of nitrogens with one attached hydrogen (secondary N) is 1. The van der Waals surface area contributed by atoms with Crippen LogP contribution in [0.25, 0.3) is 0 Å². The van der Waals surface area contributed by atoms with Gasteiger partial charge in [0.25, 0.3) is 0 Å². The number of carboxylic acids is 1. The normalized spacial score (nSPS) is 12.7. The van der Waals surface area contributed by atoms with Crippen LogP contribution in [-0.4, -0.2) is 51.3 Å². The Hall–Kier alpha value is -2.66. The number of aromatic nitrogens is 2. The van der Waals surface area contributed by atoms with Crippen molar-refractivity contribution in [2.75, 3.05) is 19.6 Å². The van der Waals surface area contributed by atoms with E-state index in [1.165, 1.54) is 17.0 Å². The van der Waals surface area contributed by atoms with E-state index in [0.717, 1.165) is 10.7 Å². The highest BCUT2D eigenvalue weighted by Gasteiger charge is 2.40. The molecule has 2 heterocycles. The summed E-state index contributed by atoms with van der Waals surface area (Å²) >= 11 is 5.73. The molecular weight excluding hydrogens is 492 g/mol. The first kappa shape index (κ1) is 30.4. The molecule has 196 valence electrons. The van der Waals surface area contributed by atoms with Crippen LogP contribution < -0.4 is 5.32 Å². The third-order valence-corrected chi connectivity index (χ3v) is 5.12. The molecule has 0 spiro atoms. The van der Waals surface area contributed by atoms with Crippen LogP contribution in [0.1, 0.15) is 56.6 Å². The van der Waals surface area contributed by atoms with Gasteiger partial charge >= 0.3 is 12.1 Å². The fraction of sp³-hybridized carbons (Fsp3) is 0.522. The van der Waals surface area contributed by atoms with Gasteiger partial charge in [-0.1, -0.05) is 45.4 Å². The van der Waals surface area contributed by atoms with E-state index >= 15 is 0 Å². The summed E-state index contributed by atoms with van der Waals surface area (Å²) in [5.41, 5.74) is -0.748. The second-order valence-electron chi connectivity index (χ2n) is 7.05. The van der Waals surface area contributed by atoms with Gasteiger partial charge in [-0.05, 0) is 18.6 Å². The number of benzene rings is 1. The van der Waals surface area contributed by atoms with E-state index in [1.54, 1.807) is 0 Å². The molecule has 2 N–H and O–H groups in total. The van der Waals surface area contributed by atoms with Crippen molar-refractivity contribution in [3.63, 3.8) is 0 Å². The fourth-order valence-electron chi connectivity index (χ4n) is 3.37. The van der Waals surface area contributed by atoms with Crippen LogP contribution in [0.2, 0.25) is 5.02 Å². The van der Waals surface area contributed by atoms with Crippen molar-refractivity contribution in [2.24, 2.45) is 0 Å². The predicted octanol–water partition coefficient (Wildman–Crippen LogP) is 4.74. The molecule has 12 heteroatoms. The Kier molecular flexibility index (Phi) is 12.2. The van der Waals surface area contributed by atoms with Gasteiger partial charge in [-0.2, -0.15) is 18.3 Å². The van der Waals surface area contributed by atoms with Crippen molar-refractivity contribution in [3.8, 4) is 0 Å². The molecule has 0 aliphatic carbocycles. The van der Waals surface area contributed by atoms with E-state index in [1.807, 2.05) is 27.7 Å². The van der Waals surface area contributed by atoms with Gasteiger partial charge in [0, 0.05) is 29.2 Å². The number of hydrogen-bond acceptors (Lipinski definition) is 4. The summed E-state index contributed by atoms with van der Waals surface area (Å²) in [4.78, 5) is 24.3. The molecule has 0 unspecified atom stereocenters. The summed E-state index contributed by atoms with van der Waals surface area (Å²) in [6.45, 7) is 7.64. The minimum Gasteiger partial charge on any atom is -0.481 e. The maximum Gasteiger partial charge on any atom is 0.435 e. The minimum absolute atomic E-state index is 0.00948. The molecular formula is C23H31ClF4N4O3. The molecule has 1 amide bonds. The Morgan fingerprint density at radius 1 is 1.20 bits per heavy atom. The zero-order valence-corrected chi connectivity index (χ0v) is 20.9. The zero-order valence-electron chi connectivity index (χ0n) is 20.2. The van der Waals surface area contributed by atoms with Crippen molar-refractivity contribution < 1.29 is 32.3 Å². The fourth-order valence-corrected chi connectivity index (χ4v) is 3.52. The topological polar surface area (TPSA) is 87.5 Å². The number of carbonyl (C=O) groups is 2. The molecule has 0 bridgehead atoms. The summed E-state index contributed by atoms with van der Waals surface area (Å²) in [6, 6.07) is 3.87. The van der Waals surface area contributed by atoms with Crippen LogP contribution in [0.5, 0.6) is 0 Å². The molecule has 0 saturated heterocycles. The van der Waals surface area contributed by atoms with Gasteiger partial charge < -0.3 is 15.3 Å². The lowest BCUT2D eigenvalue weighted by Crippen LogP contribution is -2.42. The molecule has 0 atom stereocenters. The summed E-state index contributed by atoms with van der Waals surface area (Å²) in [7, 11) is 0. The Balaban J connectivity index is 0.00000145. The molecule has 3 rings (SSSR count). The number of fused-ring (bicyclic) bond motifs is 1. The first-order valence-electron chi connectivity index (χ1n) is 11.4.